The van der Waals surface area contributed by atoms with E-state index in [1.807, 2.05) is 0 Å². The largest absolute Gasteiger partial charge is 0.371 e. The van der Waals surface area contributed by atoms with Crippen molar-refractivity contribution in [3.05, 3.63) is 44.1 Å². The van der Waals surface area contributed by atoms with E-state index >= 15 is 0 Å². The monoisotopic (exact) mass is 281 g/mol. The minimum atomic E-state index is -0.655. The average Bonchev–Trinajstić information content (AvgIpc) is 3.17. The highest BCUT2D eigenvalue weighted by Gasteiger charge is 2.30. The lowest BCUT2D eigenvalue weighted by Crippen LogP contribution is -2.57. The number of hydrogen-bond donors (Lipinski definition) is 0. The van der Waals surface area contributed by atoms with E-state index in [0.29, 0.717) is 19.6 Å². The molecule has 0 radical (unpaired) electrons. The third-order valence-corrected chi connectivity index (χ3v) is 3.40. The Morgan fingerprint density at radius 2 is 1.80 bits per heavy atom. The topological polar surface area (TPSA) is 87.8 Å². The molecule has 0 saturated carbocycles. The van der Waals surface area contributed by atoms with Crippen LogP contribution in [0.4, 0.5) is 0 Å². The summed E-state index contributed by atoms with van der Waals surface area (Å²) < 4.78 is 13.3. The summed E-state index contributed by atoms with van der Waals surface area (Å²) >= 11 is 0. The lowest BCUT2D eigenvalue weighted by Gasteiger charge is -2.28. The number of rotatable bonds is 5. The summed E-state index contributed by atoms with van der Waals surface area (Å²) in [5.74, 6) is 0. The number of aromatic nitrogens is 3. The van der Waals surface area contributed by atoms with Gasteiger partial charge in [0.05, 0.1) is 32.4 Å². The smallest absolute Gasteiger partial charge is 0.338 e. The lowest BCUT2D eigenvalue weighted by atomic mass is 10.3. The first-order chi connectivity index (χ1) is 9.63. The molecule has 0 aliphatic carbocycles. The maximum Gasteiger partial charge on any atom is 0.338 e. The normalized spacial score (nSPS) is 24.2. The fraction of sp³-hybridized carbons (Fsp3) is 0.583. The van der Waals surface area contributed by atoms with Crippen LogP contribution in [0.25, 0.3) is 0 Å². The van der Waals surface area contributed by atoms with E-state index < -0.39 is 23.3 Å². The number of epoxide rings is 1. The van der Waals surface area contributed by atoms with Crippen molar-refractivity contribution >= 4 is 0 Å². The Kier molecular flexibility index (Phi) is 3.19. The van der Waals surface area contributed by atoms with E-state index in [-0.39, 0.29) is 19.2 Å². The van der Waals surface area contributed by atoms with Gasteiger partial charge in [-0.2, -0.15) is 0 Å². The van der Waals surface area contributed by atoms with Crippen molar-refractivity contribution < 1.29 is 9.47 Å². The zero-order chi connectivity index (χ0) is 14.3. The number of allylic oxidation sites excluding steroid dienone is 1. The Labute approximate surface area is 113 Å². The number of ether oxygens (including phenoxy) is 2. The van der Waals surface area contributed by atoms with Crippen LogP contribution in [-0.2, 0) is 22.6 Å². The van der Waals surface area contributed by atoms with E-state index in [1.165, 1.54) is 6.08 Å². The maximum absolute atomic E-state index is 12.3. The Hall–Kier alpha value is -1.93. The van der Waals surface area contributed by atoms with Gasteiger partial charge in [0.15, 0.2) is 0 Å². The molecule has 0 bridgehead atoms. The standard InChI is InChI=1S/C12H15N3O5/c1-2-4-13-10(16)14(6-8-7-20-8)12(18)15(11(13)17)9-3-5-19-9/h2,8-9H,1,3-7H2. The minimum Gasteiger partial charge on any atom is -0.371 e. The quantitative estimate of drug-likeness (QED) is 0.493. The fourth-order valence-corrected chi connectivity index (χ4v) is 2.14. The molecule has 8 heteroatoms. The van der Waals surface area contributed by atoms with Crippen LogP contribution < -0.4 is 17.1 Å². The highest BCUT2D eigenvalue weighted by molar-refractivity contribution is 4.86. The molecule has 8 nitrogen and oxygen atoms in total. The van der Waals surface area contributed by atoms with E-state index in [2.05, 4.69) is 6.58 Å². The molecule has 2 unspecified atom stereocenters. The fourth-order valence-electron chi connectivity index (χ4n) is 2.14. The molecule has 0 N–H and O–H groups in total. The van der Waals surface area contributed by atoms with Gasteiger partial charge < -0.3 is 9.47 Å². The molecule has 108 valence electrons. The third kappa shape index (κ3) is 2.06. The van der Waals surface area contributed by atoms with E-state index in [1.54, 1.807) is 0 Å². The molecule has 3 rings (SSSR count). The minimum absolute atomic E-state index is 0.0518. The zero-order valence-corrected chi connectivity index (χ0v) is 10.9. The second-order valence-corrected chi connectivity index (χ2v) is 4.80. The van der Waals surface area contributed by atoms with Crippen LogP contribution in [-0.4, -0.2) is 33.0 Å². The summed E-state index contributed by atoms with van der Waals surface area (Å²) in [5.41, 5.74) is -1.93. The zero-order valence-electron chi connectivity index (χ0n) is 10.9. The first-order valence-corrected chi connectivity index (χ1v) is 6.43. The van der Waals surface area contributed by atoms with Crippen LogP contribution in [0, 0.1) is 0 Å². The Balaban J connectivity index is 2.19. The molecule has 0 spiro atoms. The van der Waals surface area contributed by atoms with Crippen molar-refractivity contribution in [1.82, 2.24) is 13.7 Å². The summed E-state index contributed by atoms with van der Waals surface area (Å²) in [7, 11) is 0. The van der Waals surface area contributed by atoms with Crippen LogP contribution >= 0.6 is 0 Å². The van der Waals surface area contributed by atoms with Crippen LogP contribution in [0.15, 0.2) is 27.0 Å². The molecule has 1 aromatic heterocycles. The van der Waals surface area contributed by atoms with Crippen molar-refractivity contribution in [3.63, 3.8) is 0 Å². The van der Waals surface area contributed by atoms with Gasteiger partial charge >= 0.3 is 17.1 Å². The third-order valence-electron chi connectivity index (χ3n) is 3.40. The first-order valence-electron chi connectivity index (χ1n) is 6.43. The molecule has 0 aromatic carbocycles. The van der Waals surface area contributed by atoms with E-state index in [9.17, 15) is 14.4 Å². The summed E-state index contributed by atoms with van der Waals surface area (Å²) in [6.07, 6.45) is 1.31. The van der Waals surface area contributed by atoms with Crippen molar-refractivity contribution in [2.24, 2.45) is 0 Å². The van der Waals surface area contributed by atoms with Crippen LogP contribution in [0.1, 0.15) is 12.6 Å². The van der Waals surface area contributed by atoms with Crippen LogP contribution in [0.3, 0.4) is 0 Å². The summed E-state index contributed by atoms with van der Waals surface area (Å²) in [6.45, 7) is 4.75. The van der Waals surface area contributed by atoms with Crippen molar-refractivity contribution in [2.75, 3.05) is 13.2 Å². The van der Waals surface area contributed by atoms with Gasteiger partial charge in [-0.05, 0) is 0 Å². The van der Waals surface area contributed by atoms with Crippen LogP contribution in [0.5, 0.6) is 0 Å². The highest BCUT2D eigenvalue weighted by Crippen LogP contribution is 2.19. The van der Waals surface area contributed by atoms with Gasteiger partial charge in [-0.1, -0.05) is 6.08 Å². The van der Waals surface area contributed by atoms with Gasteiger partial charge in [0, 0.05) is 6.42 Å². The molecule has 2 fully saturated rings. The number of hydrogen-bond acceptors (Lipinski definition) is 5. The van der Waals surface area contributed by atoms with Crippen molar-refractivity contribution in [1.29, 1.82) is 0 Å². The second kappa shape index (κ2) is 4.88. The highest BCUT2D eigenvalue weighted by atomic mass is 16.6. The van der Waals surface area contributed by atoms with Crippen molar-refractivity contribution in [2.45, 2.75) is 31.8 Å². The molecular weight excluding hydrogens is 266 g/mol. The summed E-state index contributed by atoms with van der Waals surface area (Å²) in [4.78, 5) is 36.8. The lowest BCUT2D eigenvalue weighted by molar-refractivity contribution is -0.106. The Bertz CT molecular complexity index is 705. The van der Waals surface area contributed by atoms with Crippen LogP contribution in [0.2, 0.25) is 0 Å². The van der Waals surface area contributed by atoms with Gasteiger partial charge in [-0.25, -0.2) is 28.1 Å². The SMILES string of the molecule is C=CCn1c(=O)n(CC2CO2)c(=O)n(C2CCO2)c1=O. The summed E-state index contributed by atoms with van der Waals surface area (Å²) in [6, 6.07) is 0. The molecule has 0 amide bonds. The predicted molar refractivity (Wildman–Crippen MR) is 68.8 cm³/mol. The summed E-state index contributed by atoms with van der Waals surface area (Å²) in [5, 5.41) is 0. The molecule has 2 saturated heterocycles. The Morgan fingerprint density at radius 3 is 2.30 bits per heavy atom. The molecule has 1 aromatic rings. The van der Waals surface area contributed by atoms with E-state index in [4.69, 9.17) is 9.47 Å². The number of nitrogens with zero attached hydrogens (tertiary/aromatic N) is 3. The average molecular weight is 281 g/mol. The molecule has 2 aliphatic heterocycles. The van der Waals surface area contributed by atoms with Gasteiger partial charge in [0.1, 0.15) is 6.23 Å². The Morgan fingerprint density at radius 1 is 1.15 bits per heavy atom. The molecule has 2 atom stereocenters. The predicted octanol–water partition coefficient (Wildman–Crippen LogP) is -1.32. The van der Waals surface area contributed by atoms with E-state index in [0.717, 1.165) is 13.7 Å². The van der Waals surface area contributed by atoms with Gasteiger partial charge in [-0.15, -0.1) is 6.58 Å². The van der Waals surface area contributed by atoms with Gasteiger partial charge in [0.2, 0.25) is 0 Å². The molecule has 3 heterocycles. The van der Waals surface area contributed by atoms with Gasteiger partial charge in [-0.3, -0.25) is 0 Å². The second-order valence-electron chi connectivity index (χ2n) is 4.80. The van der Waals surface area contributed by atoms with Gasteiger partial charge in [0.25, 0.3) is 0 Å². The molecule has 20 heavy (non-hydrogen) atoms. The molecular formula is C12H15N3O5. The maximum atomic E-state index is 12.3. The first kappa shape index (κ1) is 13.1. The molecule has 2 aliphatic rings. The van der Waals surface area contributed by atoms with Crippen molar-refractivity contribution in [3.8, 4) is 0 Å².